The van der Waals surface area contributed by atoms with E-state index in [0.717, 1.165) is 0 Å². The zero-order valence-corrected chi connectivity index (χ0v) is 16.5. The molecule has 11 nitrogen and oxygen atoms in total. The Morgan fingerprint density at radius 2 is 2.17 bits per heavy atom. The highest BCUT2D eigenvalue weighted by molar-refractivity contribution is 5.90. The number of aromatic carboxylic acids is 1. The fourth-order valence-corrected chi connectivity index (χ4v) is 3.73. The molecule has 0 spiro atoms. The van der Waals surface area contributed by atoms with Crippen molar-refractivity contribution in [3.63, 3.8) is 0 Å². The predicted molar refractivity (Wildman–Crippen MR) is 102 cm³/mol. The van der Waals surface area contributed by atoms with E-state index in [1.165, 1.54) is 17.2 Å². The van der Waals surface area contributed by atoms with Crippen molar-refractivity contribution in [3.8, 4) is 11.3 Å². The number of morpholine rings is 1. The number of nitrogens with zero attached hydrogens (tertiary/aromatic N) is 6. The first-order valence-electron chi connectivity index (χ1n) is 9.68. The molecule has 2 aliphatic rings. The van der Waals surface area contributed by atoms with E-state index in [4.69, 9.17) is 9.84 Å². The molecule has 158 valence electrons. The van der Waals surface area contributed by atoms with Crippen LogP contribution in [0.15, 0.2) is 24.5 Å². The van der Waals surface area contributed by atoms with E-state index in [9.17, 15) is 14.4 Å². The fraction of sp³-hybridized carbons (Fsp3) is 0.474. The average molecular weight is 414 g/mol. The number of likely N-dealkylation sites (N-methyl/N-ethyl adjacent to an activating group) is 1. The average Bonchev–Trinajstić information content (AvgIpc) is 3.35. The van der Waals surface area contributed by atoms with Gasteiger partial charge in [0.05, 0.1) is 25.5 Å². The fourth-order valence-electron chi connectivity index (χ4n) is 3.73. The highest BCUT2D eigenvalue weighted by atomic mass is 16.5. The maximum atomic E-state index is 12.8. The number of ether oxygens (including phenoxy) is 1. The smallest absolute Gasteiger partial charge is 0.354 e. The Morgan fingerprint density at radius 3 is 2.83 bits per heavy atom. The molecule has 2 aromatic rings. The first-order chi connectivity index (χ1) is 14.4. The van der Waals surface area contributed by atoms with Crippen LogP contribution in [-0.4, -0.2) is 91.6 Å². The van der Waals surface area contributed by atoms with Crippen molar-refractivity contribution in [1.29, 1.82) is 0 Å². The summed E-state index contributed by atoms with van der Waals surface area (Å²) in [5.41, 5.74) is 1.18. The lowest BCUT2D eigenvalue weighted by atomic mass is 10.1. The summed E-state index contributed by atoms with van der Waals surface area (Å²) in [4.78, 5) is 42.6. The van der Waals surface area contributed by atoms with Crippen LogP contribution in [0.2, 0.25) is 0 Å². The number of hydrogen-bond acceptors (Lipinski definition) is 7. The van der Waals surface area contributed by atoms with Gasteiger partial charge in [0, 0.05) is 38.3 Å². The molecule has 2 fully saturated rings. The third-order valence-corrected chi connectivity index (χ3v) is 5.44. The third-order valence-electron chi connectivity index (χ3n) is 5.44. The highest BCUT2D eigenvalue weighted by Crippen LogP contribution is 2.21. The third kappa shape index (κ3) is 4.01. The number of likely N-dealkylation sites (tertiary alicyclic amines) is 1. The van der Waals surface area contributed by atoms with E-state index in [2.05, 4.69) is 15.3 Å². The highest BCUT2D eigenvalue weighted by Gasteiger charge is 2.37. The molecule has 2 aromatic heterocycles. The molecule has 1 N–H and O–H groups in total. The Kier molecular flexibility index (Phi) is 5.44. The molecule has 11 heteroatoms. The van der Waals surface area contributed by atoms with E-state index in [1.807, 2.05) is 0 Å². The van der Waals surface area contributed by atoms with Gasteiger partial charge in [-0.1, -0.05) is 5.21 Å². The van der Waals surface area contributed by atoms with Gasteiger partial charge in [-0.05, 0) is 18.6 Å². The molecule has 2 saturated heterocycles. The minimum absolute atomic E-state index is 0.000758. The molecular weight excluding hydrogens is 392 g/mol. The molecule has 30 heavy (non-hydrogen) atoms. The summed E-state index contributed by atoms with van der Waals surface area (Å²) in [5, 5.41) is 17.1. The molecule has 0 bridgehead atoms. The Hall–Kier alpha value is -3.34. The van der Waals surface area contributed by atoms with Gasteiger partial charge in [0.2, 0.25) is 11.8 Å². The minimum atomic E-state index is -1.09. The van der Waals surface area contributed by atoms with Crippen LogP contribution in [0.4, 0.5) is 0 Å². The normalized spacial score (nSPS) is 21.8. The molecule has 4 rings (SSSR count). The molecular formula is C19H22N6O5. The SMILES string of the molecule is CN1C(=O)CC[C@H]1C(=O)N1CCOC(Cn2cc(-c3ccc(C(=O)O)nc3)nn2)C1. The number of carbonyl (C=O) groups excluding carboxylic acids is 2. The van der Waals surface area contributed by atoms with Crippen molar-refractivity contribution in [1.82, 2.24) is 29.8 Å². The largest absolute Gasteiger partial charge is 0.477 e. The van der Waals surface area contributed by atoms with Gasteiger partial charge < -0.3 is 19.6 Å². The molecule has 1 unspecified atom stereocenters. The zero-order valence-electron chi connectivity index (χ0n) is 16.5. The van der Waals surface area contributed by atoms with Crippen molar-refractivity contribution < 1.29 is 24.2 Å². The second-order valence-corrected chi connectivity index (χ2v) is 7.40. The van der Waals surface area contributed by atoms with Crippen LogP contribution in [0.3, 0.4) is 0 Å². The number of rotatable bonds is 5. The Morgan fingerprint density at radius 1 is 1.33 bits per heavy atom. The topological polar surface area (TPSA) is 131 Å². The van der Waals surface area contributed by atoms with Gasteiger partial charge in [0.25, 0.3) is 0 Å². The number of aromatic nitrogens is 4. The zero-order chi connectivity index (χ0) is 21.3. The Balaban J connectivity index is 1.38. The van der Waals surface area contributed by atoms with E-state index in [-0.39, 0.29) is 23.6 Å². The molecule has 2 aliphatic heterocycles. The summed E-state index contributed by atoms with van der Waals surface area (Å²) >= 11 is 0. The molecule has 0 saturated carbocycles. The molecule has 2 atom stereocenters. The second-order valence-electron chi connectivity index (χ2n) is 7.40. The van der Waals surface area contributed by atoms with Crippen LogP contribution in [0.1, 0.15) is 23.3 Å². The van der Waals surface area contributed by atoms with Crippen LogP contribution in [0.25, 0.3) is 11.3 Å². The van der Waals surface area contributed by atoms with Gasteiger partial charge in [-0.2, -0.15) is 0 Å². The number of hydrogen-bond donors (Lipinski definition) is 1. The van der Waals surface area contributed by atoms with Gasteiger partial charge in [0.15, 0.2) is 0 Å². The summed E-state index contributed by atoms with van der Waals surface area (Å²) in [6.07, 6.45) is 3.88. The molecule has 0 aliphatic carbocycles. The molecule has 2 amide bonds. The maximum Gasteiger partial charge on any atom is 0.354 e. The number of carboxylic acids is 1. The van der Waals surface area contributed by atoms with Crippen LogP contribution >= 0.6 is 0 Å². The lowest BCUT2D eigenvalue weighted by Crippen LogP contribution is -2.52. The van der Waals surface area contributed by atoms with Gasteiger partial charge >= 0.3 is 5.97 Å². The Labute approximate surface area is 172 Å². The van der Waals surface area contributed by atoms with Crippen molar-refractivity contribution in [2.45, 2.75) is 31.5 Å². The van der Waals surface area contributed by atoms with Crippen LogP contribution in [0, 0.1) is 0 Å². The number of pyridine rings is 1. The van der Waals surface area contributed by atoms with E-state index in [0.29, 0.717) is 50.3 Å². The van der Waals surface area contributed by atoms with Crippen LogP contribution in [0.5, 0.6) is 0 Å². The summed E-state index contributed by atoms with van der Waals surface area (Å²) in [6.45, 7) is 1.75. The first-order valence-corrected chi connectivity index (χ1v) is 9.68. The lowest BCUT2D eigenvalue weighted by molar-refractivity contribution is -0.146. The molecule has 0 radical (unpaired) electrons. The van der Waals surface area contributed by atoms with Gasteiger partial charge in [-0.25, -0.2) is 14.5 Å². The van der Waals surface area contributed by atoms with Crippen molar-refractivity contribution in [2.75, 3.05) is 26.7 Å². The number of carbonyl (C=O) groups is 3. The minimum Gasteiger partial charge on any atom is -0.477 e. The van der Waals surface area contributed by atoms with Gasteiger partial charge in [0.1, 0.15) is 17.4 Å². The lowest BCUT2D eigenvalue weighted by Gasteiger charge is -2.35. The van der Waals surface area contributed by atoms with Crippen molar-refractivity contribution in [2.24, 2.45) is 0 Å². The van der Waals surface area contributed by atoms with Gasteiger partial charge in [-0.3, -0.25) is 9.59 Å². The summed E-state index contributed by atoms with van der Waals surface area (Å²) in [5.74, 6) is -1.13. The predicted octanol–water partition coefficient (Wildman–Crippen LogP) is -0.113. The van der Waals surface area contributed by atoms with Crippen molar-refractivity contribution in [3.05, 3.63) is 30.2 Å². The second kappa shape index (κ2) is 8.19. The van der Waals surface area contributed by atoms with E-state index < -0.39 is 12.0 Å². The molecule has 0 aromatic carbocycles. The van der Waals surface area contributed by atoms with Gasteiger partial charge in [-0.15, -0.1) is 5.10 Å². The summed E-state index contributed by atoms with van der Waals surface area (Å²) in [7, 11) is 1.67. The maximum absolute atomic E-state index is 12.8. The molecule has 4 heterocycles. The number of amides is 2. The van der Waals surface area contributed by atoms with E-state index in [1.54, 1.807) is 28.9 Å². The van der Waals surface area contributed by atoms with Crippen LogP contribution in [-0.2, 0) is 20.9 Å². The number of carboxylic acid groups (broad SMARTS) is 1. The Bertz CT molecular complexity index is 959. The summed E-state index contributed by atoms with van der Waals surface area (Å²) in [6, 6.07) is 2.65. The van der Waals surface area contributed by atoms with Crippen LogP contribution < -0.4 is 0 Å². The monoisotopic (exact) mass is 414 g/mol. The summed E-state index contributed by atoms with van der Waals surface area (Å²) < 4.78 is 7.42. The standard InChI is InChI=1S/C19H22N6O5/c1-23-16(4-5-17(23)26)18(27)24-6-7-30-13(9-24)10-25-11-15(21-22-25)12-2-3-14(19(28)29)20-8-12/h2-3,8,11,13,16H,4-7,9-10H2,1H3,(H,28,29)/t13?,16-/m0/s1. The van der Waals surface area contributed by atoms with E-state index >= 15 is 0 Å². The first kappa shape index (κ1) is 20.0. The quantitative estimate of drug-likeness (QED) is 0.717. The van der Waals surface area contributed by atoms with Crippen molar-refractivity contribution >= 4 is 17.8 Å².